The monoisotopic (exact) mass is 265 g/mol. The van der Waals surface area contributed by atoms with Crippen LogP contribution in [-0.2, 0) is 11.2 Å². The van der Waals surface area contributed by atoms with Gasteiger partial charge < -0.3 is 14.4 Å². The van der Waals surface area contributed by atoms with E-state index < -0.39 is 0 Å². The lowest BCUT2D eigenvalue weighted by atomic mass is 10.1. The van der Waals surface area contributed by atoms with Crippen molar-refractivity contribution in [1.82, 2.24) is 4.90 Å². The van der Waals surface area contributed by atoms with Gasteiger partial charge >= 0.3 is 0 Å². The van der Waals surface area contributed by atoms with E-state index in [-0.39, 0.29) is 5.78 Å². The van der Waals surface area contributed by atoms with Gasteiger partial charge in [0.05, 0.1) is 14.2 Å². The summed E-state index contributed by atoms with van der Waals surface area (Å²) < 4.78 is 10.5. The summed E-state index contributed by atoms with van der Waals surface area (Å²) in [6, 6.07) is 5.89. The number of methoxy groups -OCH3 is 2. The fourth-order valence-corrected chi connectivity index (χ4v) is 1.79. The second kappa shape index (κ2) is 7.79. The molecule has 0 aromatic heterocycles. The molecule has 0 saturated heterocycles. The number of ether oxygens (including phenoxy) is 2. The minimum Gasteiger partial charge on any atom is -0.497 e. The van der Waals surface area contributed by atoms with Crippen LogP contribution in [0, 0.1) is 0 Å². The van der Waals surface area contributed by atoms with Gasteiger partial charge in [-0.25, -0.2) is 0 Å². The van der Waals surface area contributed by atoms with Gasteiger partial charge in [-0.15, -0.1) is 0 Å². The molecule has 0 amide bonds. The smallest absolute Gasteiger partial charge is 0.131 e. The first kappa shape index (κ1) is 15.5. The lowest BCUT2D eigenvalue weighted by molar-refractivity contribution is -0.117. The summed E-state index contributed by atoms with van der Waals surface area (Å²) in [4.78, 5) is 13.1. The van der Waals surface area contributed by atoms with Gasteiger partial charge in [-0.2, -0.15) is 0 Å². The fraction of sp³-hybridized carbons (Fsp3) is 0.533. The molecule has 4 heteroatoms. The van der Waals surface area contributed by atoms with Crippen LogP contribution in [0.1, 0.15) is 18.9 Å². The lowest BCUT2D eigenvalue weighted by Crippen LogP contribution is -2.23. The average molecular weight is 265 g/mol. The molecule has 1 aromatic carbocycles. The number of likely N-dealkylation sites (N-methyl/N-ethyl adjacent to an activating group) is 1. The number of rotatable bonds is 8. The zero-order chi connectivity index (χ0) is 14.3. The summed E-state index contributed by atoms with van der Waals surface area (Å²) in [7, 11) is 5.33. The summed E-state index contributed by atoms with van der Waals surface area (Å²) in [6.45, 7) is 3.33. The lowest BCUT2D eigenvalue weighted by Gasteiger charge is -2.16. The molecule has 106 valence electrons. The van der Waals surface area contributed by atoms with Crippen molar-refractivity contribution in [2.75, 3.05) is 34.4 Å². The van der Waals surface area contributed by atoms with Crippen molar-refractivity contribution in [3.8, 4) is 11.5 Å². The van der Waals surface area contributed by atoms with E-state index in [2.05, 4.69) is 4.90 Å². The molecule has 0 saturated carbocycles. The van der Waals surface area contributed by atoms with E-state index >= 15 is 0 Å². The van der Waals surface area contributed by atoms with Crippen molar-refractivity contribution in [3.05, 3.63) is 23.8 Å². The third-order valence-electron chi connectivity index (χ3n) is 3.04. The van der Waals surface area contributed by atoms with Crippen molar-refractivity contribution in [3.63, 3.8) is 0 Å². The first-order valence-electron chi connectivity index (χ1n) is 6.45. The predicted octanol–water partition coefficient (Wildman–Crippen LogP) is 2.16. The molecular weight excluding hydrogens is 242 g/mol. The third kappa shape index (κ3) is 5.75. The molecule has 1 aromatic rings. The van der Waals surface area contributed by atoms with Crippen LogP contribution >= 0.6 is 0 Å². The molecule has 0 aliphatic rings. The minimum atomic E-state index is 0.231. The van der Waals surface area contributed by atoms with Crippen LogP contribution in [0.15, 0.2) is 18.2 Å². The maximum absolute atomic E-state index is 10.9. The highest BCUT2D eigenvalue weighted by atomic mass is 16.5. The molecule has 0 unspecified atom stereocenters. The Morgan fingerprint density at radius 3 is 2.16 bits per heavy atom. The van der Waals surface area contributed by atoms with Gasteiger partial charge in [0.15, 0.2) is 0 Å². The second-order valence-corrected chi connectivity index (χ2v) is 4.73. The number of hydrogen-bond donors (Lipinski definition) is 0. The van der Waals surface area contributed by atoms with Crippen LogP contribution < -0.4 is 9.47 Å². The highest BCUT2D eigenvalue weighted by molar-refractivity contribution is 5.75. The van der Waals surface area contributed by atoms with Gasteiger partial charge in [0.1, 0.15) is 17.3 Å². The molecule has 0 aliphatic heterocycles. The van der Waals surface area contributed by atoms with Crippen molar-refractivity contribution in [2.45, 2.75) is 19.8 Å². The Balaban J connectivity index is 2.54. The van der Waals surface area contributed by atoms with Crippen molar-refractivity contribution in [1.29, 1.82) is 0 Å². The van der Waals surface area contributed by atoms with Gasteiger partial charge in [-0.3, -0.25) is 4.79 Å². The van der Waals surface area contributed by atoms with E-state index in [0.29, 0.717) is 6.42 Å². The zero-order valence-electron chi connectivity index (χ0n) is 12.2. The number of carbonyl (C=O) groups excluding carboxylic acids is 1. The molecule has 4 nitrogen and oxygen atoms in total. The van der Waals surface area contributed by atoms with Gasteiger partial charge in [-0.1, -0.05) is 0 Å². The summed E-state index contributed by atoms with van der Waals surface area (Å²) in [6.07, 6.45) is 1.51. The topological polar surface area (TPSA) is 38.8 Å². The van der Waals surface area contributed by atoms with E-state index in [9.17, 15) is 4.79 Å². The maximum atomic E-state index is 10.9. The first-order chi connectivity index (χ1) is 9.05. The third-order valence-corrected chi connectivity index (χ3v) is 3.04. The van der Waals surface area contributed by atoms with Crippen LogP contribution in [0.2, 0.25) is 0 Å². The number of benzene rings is 1. The Morgan fingerprint density at radius 2 is 1.68 bits per heavy atom. The number of nitrogens with zero attached hydrogens (tertiary/aromatic N) is 1. The predicted molar refractivity (Wildman–Crippen MR) is 76.0 cm³/mol. The van der Waals surface area contributed by atoms with Crippen LogP contribution in [0.25, 0.3) is 0 Å². The summed E-state index contributed by atoms with van der Waals surface area (Å²) >= 11 is 0. The van der Waals surface area contributed by atoms with Crippen LogP contribution in [0.4, 0.5) is 0 Å². The van der Waals surface area contributed by atoms with Crippen molar-refractivity contribution in [2.24, 2.45) is 0 Å². The Kier molecular flexibility index (Phi) is 6.36. The molecule has 0 fully saturated rings. The summed E-state index contributed by atoms with van der Waals surface area (Å²) in [5, 5.41) is 0. The van der Waals surface area contributed by atoms with Crippen LogP contribution in [0.3, 0.4) is 0 Å². The van der Waals surface area contributed by atoms with Crippen LogP contribution in [-0.4, -0.2) is 45.0 Å². The zero-order valence-corrected chi connectivity index (χ0v) is 12.2. The Morgan fingerprint density at radius 1 is 1.11 bits per heavy atom. The SMILES string of the molecule is COc1cc(CCN(C)CCC(C)=O)cc(OC)c1. The number of carbonyl (C=O) groups is 1. The average Bonchev–Trinajstić information content (AvgIpc) is 2.42. The van der Waals surface area contributed by atoms with E-state index in [4.69, 9.17) is 9.47 Å². The molecule has 0 heterocycles. The molecule has 0 aliphatic carbocycles. The number of ketones is 1. The van der Waals surface area contributed by atoms with E-state index in [1.807, 2.05) is 25.2 Å². The highest BCUT2D eigenvalue weighted by Gasteiger charge is 2.05. The van der Waals surface area contributed by atoms with Crippen LogP contribution in [0.5, 0.6) is 11.5 Å². The van der Waals surface area contributed by atoms with Gasteiger partial charge in [0, 0.05) is 25.6 Å². The molecule has 0 spiro atoms. The molecule has 1 rings (SSSR count). The molecule has 0 atom stereocenters. The molecular formula is C15H23NO3. The largest absolute Gasteiger partial charge is 0.497 e. The standard InChI is InChI=1S/C15H23NO3/c1-12(17)5-7-16(2)8-6-13-9-14(18-3)11-15(10-13)19-4/h9-11H,5-8H2,1-4H3. The van der Waals surface area contributed by atoms with Crippen molar-refractivity contribution >= 4 is 5.78 Å². The van der Waals surface area contributed by atoms with E-state index in [1.54, 1.807) is 21.1 Å². The van der Waals surface area contributed by atoms with Crippen molar-refractivity contribution < 1.29 is 14.3 Å². The fourth-order valence-electron chi connectivity index (χ4n) is 1.79. The number of Topliss-reactive ketones (excluding diaryl/α,β-unsaturated/α-hetero) is 1. The molecule has 0 radical (unpaired) electrons. The number of hydrogen-bond acceptors (Lipinski definition) is 4. The van der Waals surface area contributed by atoms with Gasteiger partial charge in [0.2, 0.25) is 0 Å². The van der Waals surface area contributed by atoms with Gasteiger partial charge in [-0.05, 0) is 38.1 Å². The molecule has 19 heavy (non-hydrogen) atoms. The first-order valence-corrected chi connectivity index (χ1v) is 6.45. The molecule has 0 N–H and O–H groups in total. The van der Waals surface area contributed by atoms with E-state index in [1.165, 1.54) is 5.56 Å². The maximum Gasteiger partial charge on any atom is 0.131 e. The Hall–Kier alpha value is -1.55. The second-order valence-electron chi connectivity index (χ2n) is 4.73. The molecule has 0 bridgehead atoms. The highest BCUT2D eigenvalue weighted by Crippen LogP contribution is 2.22. The normalized spacial score (nSPS) is 10.6. The summed E-state index contributed by atoms with van der Waals surface area (Å²) in [5.41, 5.74) is 1.17. The Labute approximate surface area is 115 Å². The Bertz CT molecular complexity index is 396. The summed E-state index contributed by atoms with van der Waals surface area (Å²) in [5.74, 6) is 1.84. The van der Waals surface area contributed by atoms with Gasteiger partial charge in [0.25, 0.3) is 0 Å². The van der Waals surface area contributed by atoms with E-state index in [0.717, 1.165) is 31.0 Å². The quantitative estimate of drug-likeness (QED) is 0.722. The minimum absolute atomic E-state index is 0.231.